The maximum atomic E-state index is 12.8. The van der Waals surface area contributed by atoms with Gasteiger partial charge in [-0.15, -0.1) is 0 Å². The van der Waals surface area contributed by atoms with Crippen molar-refractivity contribution >= 4 is 23.1 Å². The fourth-order valence-corrected chi connectivity index (χ4v) is 3.33. The number of carbonyl (C=O) groups is 1. The van der Waals surface area contributed by atoms with E-state index in [1.165, 1.54) is 5.56 Å². The van der Waals surface area contributed by atoms with Crippen LogP contribution in [0.25, 0.3) is 0 Å². The molecule has 1 aliphatic rings. The molecule has 2 N–H and O–H groups in total. The van der Waals surface area contributed by atoms with Crippen LogP contribution in [0.5, 0.6) is 0 Å². The van der Waals surface area contributed by atoms with Crippen molar-refractivity contribution in [3.63, 3.8) is 0 Å². The Labute approximate surface area is 132 Å². The molecule has 0 radical (unpaired) electrons. The minimum atomic E-state index is -0.108. The number of amides is 1. The number of nitrogens with zero attached hydrogens (tertiary/aromatic N) is 1. The second-order valence-electron chi connectivity index (χ2n) is 6.49. The summed E-state index contributed by atoms with van der Waals surface area (Å²) in [6.45, 7) is 9.62. The topological polar surface area (TPSA) is 46.3 Å². The van der Waals surface area contributed by atoms with Gasteiger partial charge in [0.15, 0.2) is 0 Å². The van der Waals surface area contributed by atoms with Gasteiger partial charge in [0.05, 0.1) is 4.99 Å². The van der Waals surface area contributed by atoms with E-state index in [1.54, 1.807) is 0 Å². The second-order valence-corrected chi connectivity index (χ2v) is 6.93. The predicted molar refractivity (Wildman–Crippen MR) is 90.7 cm³/mol. The van der Waals surface area contributed by atoms with Crippen LogP contribution in [-0.2, 0) is 0 Å². The van der Waals surface area contributed by atoms with E-state index >= 15 is 0 Å². The van der Waals surface area contributed by atoms with Crippen LogP contribution in [0.4, 0.5) is 0 Å². The van der Waals surface area contributed by atoms with E-state index in [4.69, 9.17) is 18.0 Å². The molecule has 0 saturated carbocycles. The van der Waals surface area contributed by atoms with Gasteiger partial charge in [0, 0.05) is 24.1 Å². The zero-order valence-electron chi connectivity index (χ0n) is 13.3. The SMILES string of the molecule is Cc1cc(C)c(C(=O)N2CCC(C)(C(N)=S)CC2)c(C)c1. The molecule has 0 spiro atoms. The molecule has 0 atom stereocenters. The summed E-state index contributed by atoms with van der Waals surface area (Å²) in [6, 6.07) is 4.15. The number of hydrogen-bond acceptors (Lipinski definition) is 2. The third-order valence-electron chi connectivity index (χ3n) is 4.64. The van der Waals surface area contributed by atoms with Crippen LogP contribution >= 0.6 is 12.2 Å². The number of thiocarbonyl (C=S) groups is 1. The lowest BCUT2D eigenvalue weighted by Crippen LogP contribution is -2.47. The fourth-order valence-electron chi connectivity index (χ4n) is 3.13. The number of benzene rings is 1. The first kappa shape index (κ1) is 16.0. The van der Waals surface area contributed by atoms with Gasteiger partial charge in [-0.05, 0) is 44.7 Å². The Morgan fingerprint density at radius 1 is 1.19 bits per heavy atom. The average Bonchev–Trinajstić information content (AvgIpc) is 2.38. The minimum absolute atomic E-state index is 0.108. The molecule has 3 nitrogen and oxygen atoms in total. The predicted octanol–water partition coefficient (Wildman–Crippen LogP) is 3.14. The number of likely N-dealkylation sites (tertiary alicyclic amines) is 1. The molecule has 1 fully saturated rings. The maximum absolute atomic E-state index is 12.8. The second kappa shape index (κ2) is 5.76. The lowest BCUT2D eigenvalue weighted by atomic mass is 9.80. The lowest BCUT2D eigenvalue weighted by molar-refractivity contribution is 0.0669. The Bertz CT molecular complexity index is 563. The number of rotatable bonds is 2. The third-order valence-corrected chi connectivity index (χ3v) is 5.13. The number of piperidine rings is 1. The van der Waals surface area contributed by atoms with Crippen LogP contribution in [0.1, 0.15) is 46.8 Å². The molecule has 1 saturated heterocycles. The summed E-state index contributed by atoms with van der Waals surface area (Å²) >= 11 is 5.16. The minimum Gasteiger partial charge on any atom is -0.393 e. The molecule has 1 aromatic rings. The summed E-state index contributed by atoms with van der Waals surface area (Å²) < 4.78 is 0. The lowest BCUT2D eigenvalue weighted by Gasteiger charge is -2.39. The van der Waals surface area contributed by atoms with Crippen LogP contribution in [0, 0.1) is 26.2 Å². The molecule has 0 aromatic heterocycles. The van der Waals surface area contributed by atoms with E-state index < -0.39 is 0 Å². The summed E-state index contributed by atoms with van der Waals surface area (Å²) in [5.41, 5.74) is 9.87. The highest BCUT2D eigenvalue weighted by Gasteiger charge is 2.34. The van der Waals surface area contributed by atoms with E-state index in [0.29, 0.717) is 4.99 Å². The number of hydrogen-bond donors (Lipinski definition) is 1. The van der Waals surface area contributed by atoms with Gasteiger partial charge in [-0.2, -0.15) is 0 Å². The first-order valence-electron chi connectivity index (χ1n) is 7.41. The van der Waals surface area contributed by atoms with Crippen molar-refractivity contribution in [3.8, 4) is 0 Å². The molecule has 21 heavy (non-hydrogen) atoms. The van der Waals surface area contributed by atoms with Gasteiger partial charge >= 0.3 is 0 Å². The third kappa shape index (κ3) is 3.10. The number of nitrogens with two attached hydrogens (primary N) is 1. The van der Waals surface area contributed by atoms with Crippen molar-refractivity contribution in [3.05, 3.63) is 34.4 Å². The molecule has 1 aliphatic heterocycles. The highest BCUT2D eigenvalue weighted by molar-refractivity contribution is 7.80. The number of aryl methyl sites for hydroxylation is 3. The molecule has 1 amide bonds. The molecular formula is C17H24N2OS. The normalized spacial score (nSPS) is 17.6. The Morgan fingerprint density at radius 2 is 1.67 bits per heavy atom. The van der Waals surface area contributed by atoms with Crippen molar-refractivity contribution < 1.29 is 4.79 Å². The summed E-state index contributed by atoms with van der Waals surface area (Å²) in [6.07, 6.45) is 1.69. The van der Waals surface area contributed by atoms with Gasteiger partial charge in [0.2, 0.25) is 0 Å². The zero-order valence-corrected chi connectivity index (χ0v) is 14.1. The molecule has 0 aliphatic carbocycles. The molecule has 1 heterocycles. The van der Waals surface area contributed by atoms with Gasteiger partial charge in [-0.1, -0.05) is 36.8 Å². The van der Waals surface area contributed by atoms with E-state index in [-0.39, 0.29) is 11.3 Å². The van der Waals surface area contributed by atoms with E-state index in [1.807, 2.05) is 18.7 Å². The molecule has 2 rings (SSSR count). The molecular weight excluding hydrogens is 280 g/mol. The van der Waals surface area contributed by atoms with Gasteiger partial charge in [0.25, 0.3) is 5.91 Å². The van der Waals surface area contributed by atoms with Gasteiger partial charge in [0.1, 0.15) is 0 Å². The van der Waals surface area contributed by atoms with Gasteiger partial charge in [-0.25, -0.2) is 0 Å². The summed E-state index contributed by atoms with van der Waals surface area (Å²) in [4.78, 5) is 15.3. The Hall–Kier alpha value is -1.42. The van der Waals surface area contributed by atoms with Crippen LogP contribution in [0.3, 0.4) is 0 Å². The van der Waals surface area contributed by atoms with Crippen molar-refractivity contribution in [2.75, 3.05) is 13.1 Å². The Morgan fingerprint density at radius 3 is 2.10 bits per heavy atom. The average molecular weight is 304 g/mol. The summed E-state index contributed by atoms with van der Waals surface area (Å²) in [7, 11) is 0. The first-order valence-corrected chi connectivity index (χ1v) is 7.82. The molecule has 0 bridgehead atoms. The van der Waals surface area contributed by atoms with Crippen molar-refractivity contribution in [2.24, 2.45) is 11.1 Å². The van der Waals surface area contributed by atoms with Crippen LogP contribution in [0.15, 0.2) is 12.1 Å². The van der Waals surface area contributed by atoms with Crippen molar-refractivity contribution in [1.82, 2.24) is 4.90 Å². The van der Waals surface area contributed by atoms with Crippen LogP contribution in [-0.4, -0.2) is 28.9 Å². The first-order chi connectivity index (χ1) is 9.74. The quantitative estimate of drug-likeness (QED) is 0.854. The number of carbonyl (C=O) groups excluding carboxylic acids is 1. The summed E-state index contributed by atoms with van der Waals surface area (Å²) in [5.74, 6) is 0.134. The van der Waals surface area contributed by atoms with E-state index in [9.17, 15) is 4.79 Å². The molecule has 4 heteroatoms. The van der Waals surface area contributed by atoms with E-state index in [2.05, 4.69) is 26.0 Å². The molecule has 0 unspecified atom stereocenters. The van der Waals surface area contributed by atoms with Crippen molar-refractivity contribution in [2.45, 2.75) is 40.5 Å². The maximum Gasteiger partial charge on any atom is 0.254 e. The monoisotopic (exact) mass is 304 g/mol. The smallest absolute Gasteiger partial charge is 0.254 e. The Balaban J connectivity index is 2.18. The van der Waals surface area contributed by atoms with Gasteiger partial charge in [-0.3, -0.25) is 4.79 Å². The Kier molecular flexibility index (Phi) is 4.38. The fraction of sp³-hybridized carbons (Fsp3) is 0.529. The van der Waals surface area contributed by atoms with Crippen LogP contribution < -0.4 is 5.73 Å². The van der Waals surface area contributed by atoms with Crippen LogP contribution in [0.2, 0.25) is 0 Å². The highest BCUT2D eigenvalue weighted by atomic mass is 32.1. The standard InChI is InChI=1S/C17H24N2OS/c1-11-9-12(2)14(13(3)10-11)15(20)19-7-5-17(4,6-8-19)16(18)21/h9-10H,5-8H2,1-4H3,(H2,18,21). The van der Waals surface area contributed by atoms with Crippen molar-refractivity contribution in [1.29, 1.82) is 0 Å². The highest BCUT2D eigenvalue weighted by Crippen LogP contribution is 2.32. The summed E-state index contributed by atoms with van der Waals surface area (Å²) in [5, 5.41) is 0. The van der Waals surface area contributed by atoms with E-state index in [0.717, 1.165) is 42.6 Å². The molecule has 114 valence electrons. The zero-order chi connectivity index (χ0) is 15.8. The van der Waals surface area contributed by atoms with Gasteiger partial charge < -0.3 is 10.6 Å². The largest absolute Gasteiger partial charge is 0.393 e. The molecule has 1 aromatic carbocycles.